The first-order valence-electron chi connectivity index (χ1n) is 3.14. The minimum atomic E-state index is -0.773. The molecule has 0 saturated carbocycles. The molecule has 0 aromatic rings. The molecule has 0 rings (SSSR count). The van der Waals surface area contributed by atoms with Crippen LogP contribution in [0.1, 0.15) is 13.8 Å². The molecule has 0 aliphatic carbocycles. The van der Waals surface area contributed by atoms with Crippen LogP contribution in [0.5, 0.6) is 0 Å². The Balaban J connectivity index is 3.40. The van der Waals surface area contributed by atoms with Crippen LogP contribution in [-0.2, 0) is 4.79 Å². The molecule has 0 amide bonds. The highest BCUT2D eigenvalue weighted by atomic mass is 32.2. The molecule has 0 aromatic heterocycles. The van der Waals surface area contributed by atoms with E-state index in [1.807, 2.05) is 6.92 Å². The lowest BCUT2D eigenvalue weighted by atomic mass is 10.4. The van der Waals surface area contributed by atoms with Gasteiger partial charge >= 0.3 is 5.97 Å². The van der Waals surface area contributed by atoms with Crippen molar-refractivity contribution in [2.24, 2.45) is 5.73 Å². The summed E-state index contributed by atoms with van der Waals surface area (Å²) in [6.45, 7) is 3.52. The van der Waals surface area contributed by atoms with Gasteiger partial charge in [-0.2, -0.15) is 0 Å². The molecule has 60 valence electrons. The van der Waals surface area contributed by atoms with Crippen LogP contribution in [0, 0.1) is 0 Å². The summed E-state index contributed by atoms with van der Waals surface area (Å²) in [6.07, 6.45) is 0. The Morgan fingerprint density at radius 1 is 1.70 bits per heavy atom. The van der Waals surface area contributed by atoms with Gasteiger partial charge in [0.25, 0.3) is 0 Å². The lowest BCUT2D eigenvalue weighted by Gasteiger charge is -2.07. The Hall–Kier alpha value is -0.220. The van der Waals surface area contributed by atoms with Crippen molar-refractivity contribution in [1.29, 1.82) is 0 Å². The van der Waals surface area contributed by atoms with Crippen molar-refractivity contribution in [3.05, 3.63) is 0 Å². The molecule has 0 heterocycles. The number of hydrogen-bond donors (Lipinski definition) is 2. The predicted octanol–water partition coefficient (Wildman–Crippen LogP) is 0.540. The van der Waals surface area contributed by atoms with Crippen molar-refractivity contribution in [2.75, 3.05) is 5.75 Å². The standard InChI is InChI=1S/C6H13NO2S/c1-4(7)3-10-5(2)6(8)9/h4-5H,3,7H2,1-2H3,(H,8,9). The van der Waals surface area contributed by atoms with Gasteiger partial charge < -0.3 is 10.8 Å². The van der Waals surface area contributed by atoms with E-state index < -0.39 is 5.97 Å². The first-order valence-corrected chi connectivity index (χ1v) is 4.19. The molecule has 0 bridgehead atoms. The Bertz CT molecular complexity index is 116. The number of carboxylic acids is 1. The number of carbonyl (C=O) groups is 1. The van der Waals surface area contributed by atoms with Gasteiger partial charge in [0.2, 0.25) is 0 Å². The number of carboxylic acid groups (broad SMARTS) is 1. The smallest absolute Gasteiger partial charge is 0.316 e. The highest BCUT2D eigenvalue weighted by Gasteiger charge is 2.10. The summed E-state index contributed by atoms with van der Waals surface area (Å²) in [6, 6.07) is 0.0757. The van der Waals surface area contributed by atoms with Crippen molar-refractivity contribution in [3.63, 3.8) is 0 Å². The fraction of sp³-hybridized carbons (Fsp3) is 0.833. The van der Waals surface area contributed by atoms with Gasteiger partial charge in [-0.15, -0.1) is 11.8 Å². The van der Waals surface area contributed by atoms with Crippen LogP contribution in [0.2, 0.25) is 0 Å². The second-order valence-corrected chi connectivity index (χ2v) is 3.66. The van der Waals surface area contributed by atoms with Gasteiger partial charge in [-0.25, -0.2) is 0 Å². The van der Waals surface area contributed by atoms with E-state index in [2.05, 4.69) is 0 Å². The van der Waals surface area contributed by atoms with Gasteiger partial charge in [0.15, 0.2) is 0 Å². The summed E-state index contributed by atoms with van der Waals surface area (Å²) < 4.78 is 0. The molecule has 4 heteroatoms. The molecule has 2 atom stereocenters. The quantitative estimate of drug-likeness (QED) is 0.635. The van der Waals surface area contributed by atoms with Crippen molar-refractivity contribution in [3.8, 4) is 0 Å². The molecule has 0 aromatic carbocycles. The van der Waals surface area contributed by atoms with Gasteiger partial charge in [0.1, 0.15) is 0 Å². The Kier molecular flexibility index (Phi) is 4.47. The van der Waals surface area contributed by atoms with Gasteiger partial charge in [-0.1, -0.05) is 0 Å². The predicted molar refractivity (Wildman–Crippen MR) is 43.2 cm³/mol. The number of nitrogens with two attached hydrogens (primary N) is 1. The fourth-order valence-electron chi connectivity index (χ4n) is 0.367. The van der Waals surface area contributed by atoms with Crippen LogP contribution >= 0.6 is 11.8 Å². The monoisotopic (exact) mass is 163 g/mol. The average molecular weight is 163 g/mol. The molecule has 0 aliphatic rings. The summed E-state index contributed by atoms with van der Waals surface area (Å²) >= 11 is 1.37. The van der Waals surface area contributed by atoms with Crippen molar-refractivity contribution in [1.82, 2.24) is 0 Å². The Morgan fingerprint density at radius 2 is 2.20 bits per heavy atom. The first-order chi connectivity index (χ1) is 4.54. The highest BCUT2D eigenvalue weighted by molar-refractivity contribution is 8.00. The molecule has 0 spiro atoms. The van der Waals surface area contributed by atoms with Crippen molar-refractivity contribution >= 4 is 17.7 Å². The van der Waals surface area contributed by atoms with Crippen LogP contribution in [0.15, 0.2) is 0 Å². The zero-order valence-corrected chi connectivity index (χ0v) is 7.02. The Morgan fingerprint density at radius 3 is 2.50 bits per heavy atom. The maximum atomic E-state index is 10.3. The van der Waals surface area contributed by atoms with E-state index in [1.54, 1.807) is 6.92 Å². The molecule has 0 saturated heterocycles. The van der Waals surface area contributed by atoms with E-state index in [4.69, 9.17) is 10.8 Å². The molecule has 3 nitrogen and oxygen atoms in total. The third kappa shape index (κ3) is 4.64. The van der Waals surface area contributed by atoms with Crippen LogP contribution in [-0.4, -0.2) is 28.1 Å². The van der Waals surface area contributed by atoms with E-state index >= 15 is 0 Å². The summed E-state index contributed by atoms with van der Waals surface area (Å²) in [7, 11) is 0. The van der Waals surface area contributed by atoms with Gasteiger partial charge in [0, 0.05) is 11.8 Å². The molecule has 0 fully saturated rings. The van der Waals surface area contributed by atoms with Gasteiger partial charge in [0.05, 0.1) is 5.25 Å². The van der Waals surface area contributed by atoms with E-state index in [9.17, 15) is 4.79 Å². The van der Waals surface area contributed by atoms with Crippen LogP contribution in [0.3, 0.4) is 0 Å². The third-order valence-corrected chi connectivity index (χ3v) is 2.38. The zero-order chi connectivity index (χ0) is 8.15. The fourth-order valence-corrected chi connectivity index (χ4v) is 1.10. The summed E-state index contributed by atoms with van der Waals surface area (Å²) in [4.78, 5) is 10.3. The lowest BCUT2D eigenvalue weighted by Crippen LogP contribution is -2.21. The minimum absolute atomic E-state index is 0.0757. The van der Waals surface area contributed by atoms with E-state index in [0.29, 0.717) is 5.75 Å². The lowest BCUT2D eigenvalue weighted by molar-refractivity contribution is -0.136. The summed E-state index contributed by atoms with van der Waals surface area (Å²) in [5, 5.41) is 8.09. The Labute approximate surface area is 65.0 Å². The maximum Gasteiger partial charge on any atom is 0.316 e. The normalized spacial score (nSPS) is 16.3. The van der Waals surface area contributed by atoms with Crippen LogP contribution < -0.4 is 5.73 Å². The number of hydrogen-bond acceptors (Lipinski definition) is 3. The van der Waals surface area contributed by atoms with Gasteiger partial charge in [-0.3, -0.25) is 4.79 Å². The number of thioether (sulfide) groups is 1. The topological polar surface area (TPSA) is 63.3 Å². The molecule has 3 N–H and O–H groups in total. The summed E-state index contributed by atoms with van der Waals surface area (Å²) in [5.41, 5.74) is 5.43. The number of rotatable bonds is 4. The molecular formula is C6H13NO2S. The largest absolute Gasteiger partial charge is 0.480 e. The SMILES string of the molecule is CC(N)CSC(C)C(=O)O. The third-order valence-electron chi connectivity index (χ3n) is 0.957. The van der Waals surface area contributed by atoms with E-state index in [0.717, 1.165) is 0 Å². The van der Waals surface area contributed by atoms with E-state index in [1.165, 1.54) is 11.8 Å². The minimum Gasteiger partial charge on any atom is -0.480 e. The average Bonchev–Trinajstić information content (AvgIpc) is 1.82. The second-order valence-electron chi connectivity index (χ2n) is 2.29. The van der Waals surface area contributed by atoms with Crippen LogP contribution in [0.25, 0.3) is 0 Å². The molecule has 2 unspecified atom stereocenters. The van der Waals surface area contributed by atoms with Crippen molar-refractivity contribution < 1.29 is 9.90 Å². The van der Waals surface area contributed by atoms with Crippen molar-refractivity contribution in [2.45, 2.75) is 25.1 Å². The second kappa shape index (κ2) is 4.57. The maximum absolute atomic E-state index is 10.3. The zero-order valence-electron chi connectivity index (χ0n) is 6.20. The van der Waals surface area contributed by atoms with Crippen LogP contribution in [0.4, 0.5) is 0 Å². The van der Waals surface area contributed by atoms with Gasteiger partial charge in [-0.05, 0) is 13.8 Å². The first kappa shape index (κ1) is 9.78. The molecule has 0 aliphatic heterocycles. The van der Waals surface area contributed by atoms with E-state index in [-0.39, 0.29) is 11.3 Å². The molecule has 0 radical (unpaired) electrons. The highest BCUT2D eigenvalue weighted by Crippen LogP contribution is 2.10. The number of aliphatic carboxylic acids is 1. The summed E-state index contributed by atoms with van der Waals surface area (Å²) in [5.74, 6) is -0.0707. The molecule has 10 heavy (non-hydrogen) atoms. The molecular weight excluding hydrogens is 150 g/mol.